The Hall–Kier alpha value is -3.88. The number of carbonyl (C=O) groups excluding carboxylic acids is 1. The zero-order valence-corrected chi connectivity index (χ0v) is 21.9. The molecule has 3 aromatic rings. The van der Waals surface area contributed by atoms with Gasteiger partial charge in [0.15, 0.2) is 0 Å². The molecule has 1 amide bonds. The normalized spacial score (nSPS) is 22.6. The molecule has 9 heteroatoms. The predicted octanol–water partition coefficient (Wildman–Crippen LogP) is 4.99. The second-order valence-electron chi connectivity index (χ2n) is 11.1. The van der Waals surface area contributed by atoms with Gasteiger partial charge in [0.1, 0.15) is 0 Å². The summed E-state index contributed by atoms with van der Waals surface area (Å²) >= 11 is 0. The van der Waals surface area contributed by atoms with Gasteiger partial charge in [-0.1, -0.05) is 0 Å². The van der Waals surface area contributed by atoms with E-state index >= 15 is 0 Å². The van der Waals surface area contributed by atoms with Gasteiger partial charge in [0.2, 0.25) is 11.8 Å². The van der Waals surface area contributed by atoms with Crippen LogP contribution >= 0.6 is 0 Å². The first-order valence-corrected chi connectivity index (χ1v) is 13.7. The molecule has 2 N–H and O–H groups in total. The first-order valence-electron chi connectivity index (χ1n) is 13.7. The van der Waals surface area contributed by atoms with E-state index < -0.39 is 0 Å². The monoisotopic (exact) mass is 511 g/mol. The van der Waals surface area contributed by atoms with Crippen molar-refractivity contribution in [2.45, 2.75) is 51.5 Å². The molecule has 196 valence electrons. The molecular formula is C29H33N7O2. The first-order chi connectivity index (χ1) is 18.5. The molecule has 2 saturated carbocycles. The number of guanidine groups is 1. The number of amides is 1. The number of hydrogen-bond donors (Lipinski definition) is 2. The van der Waals surface area contributed by atoms with Crippen molar-refractivity contribution in [3.8, 4) is 17.1 Å². The largest absolute Gasteiger partial charge is 0.477 e. The topological polar surface area (TPSA) is 96.7 Å². The molecule has 2 aliphatic carbocycles. The number of aryl methyl sites for hydroxylation is 2. The van der Waals surface area contributed by atoms with Crippen molar-refractivity contribution in [3.05, 3.63) is 47.8 Å². The van der Waals surface area contributed by atoms with Crippen LogP contribution in [0.15, 0.2) is 41.5 Å². The van der Waals surface area contributed by atoms with Crippen molar-refractivity contribution in [2.24, 2.45) is 23.9 Å². The molecule has 2 bridgehead atoms. The Balaban J connectivity index is 1.30. The van der Waals surface area contributed by atoms with Crippen molar-refractivity contribution >= 4 is 28.9 Å². The van der Waals surface area contributed by atoms with Crippen molar-refractivity contribution in [1.29, 1.82) is 0 Å². The van der Waals surface area contributed by atoms with Crippen molar-refractivity contribution < 1.29 is 9.53 Å². The van der Waals surface area contributed by atoms with E-state index in [1.54, 1.807) is 23.0 Å². The summed E-state index contributed by atoms with van der Waals surface area (Å²) in [6.07, 6.45) is 8.72. The SMILES string of the molecule is Cc1cc2cc(n1)-c1cnn(C)c1OCCCC(C1CC1)CN1/C(=N/C2=O)Nc2ccc(NC3CC3)cc21. The molecule has 38 heavy (non-hydrogen) atoms. The Morgan fingerprint density at radius 1 is 1.08 bits per heavy atom. The van der Waals surface area contributed by atoms with Gasteiger partial charge in [0.05, 0.1) is 35.4 Å². The van der Waals surface area contributed by atoms with Crippen LogP contribution in [0.4, 0.5) is 17.1 Å². The highest BCUT2D eigenvalue weighted by atomic mass is 16.5. The average molecular weight is 512 g/mol. The number of rotatable bonds is 3. The van der Waals surface area contributed by atoms with Gasteiger partial charge >= 0.3 is 0 Å². The highest BCUT2D eigenvalue weighted by molar-refractivity contribution is 6.19. The van der Waals surface area contributed by atoms with E-state index in [0.29, 0.717) is 47.6 Å². The van der Waals surface area contributed by atoms with Gasteiger partial charge in [0.25, 0.3) is 5.91 Å². The maximum atomic E-state index is 13.6. The third-order valence-electron chi connectivity index (χ3n) is 7.97. The molecule has 0 spiro atoms. The predicted molar refractivity (Wildman–Crippen MR) is 148 cm³/mol. The van der Waals surface area contributed by atoms with Crippen molar-refractivity contribution in [2.75, 3.05) is 28.7 Å². The van der Waals surface area contributed by atoms with Gasteiger partial charge in [0, 0.05) is 36.6 Å². The maximum Gasteiger partial charge on any atom is 0.280 e. The van der Waals surface area contributed by atoms with Crippen LogP contribution in [-0.4, -0.2) is 45.8 Å². The minimum Gasteiger partial charge on any atom is -0.477 e. The van der Waals surface area contributed by atoms with Crippen LogP contribution < -0.4 is 20.3 Å². The number of nitrogens with one attached hydrogen (secondary N) is 2. The number of aliphatic imine (C=N–C) groups is 1. The van der Waals surface area contributed by atoms with Crippen LogP contribution in [0, 0.1) is 18.8 Å². The fourth-order valence-electron chi connectivity index (χ4n) is 5.65. The molecule has 2 aromatic heterocycles. The Bertz CT molecular complexity index is 1440. The van der Waals surface area contributed by atoms with Crippen LogP contribution in [0.25, 0.3) is 11.3 Å². The summed E-state index contributed by atoms with van der Waals surface area (Å²) in [5.74, 6) is 2.18. The number of benzene rings is 1. The minimum absolute atomic E-state index is 0.294. The molecule has 2 aliphatic heterocycles. The lowest BCUT2D eigenvalue weighted by molar-refractivity contribution is 0.100. The number of hydrogen-bond acceptors (Lipinski definition) is 7. The van der Waals surface area contributed by atoms with Crippen molar-refractivity contribution in [3.63, 3.8) is 0 Å². The number of anilines is 3. The summed E-state index contributed by atoms with van der Waals surface area (Å²) < 4.78 is 8.00. The molecule has 0 saturated heterocycles. The molecule has 7 rings (SSSR count). The van der Waals surface area contributed by atoms with Crippen LogP contribution in [0.3, 0.4) is 0 Å². The van der Waals surface area contributed by atoms with Gasteiger partial charge in [-0.2, -0.15) is 10.1 Å². The van der Waals surface area contributed by atoms with E-state index in [4.69, 9.17) is 9.72 Å². The molecule has 2 fully saturated rings. The fraction of sp³-hybridized carbons (Fsp3) is 0.448. The van der Waals surface area contributed by atoms with Gasteiger partial charge in [-0.05, 0) is 87.6 Å². The first kappa shape index (κ1) is 23.3. The highest BCUT2D eigenvalue weighted by Crippen LogP contribution is 2.43. The van der Waals surface area contributed by atoms with E-state index in [9.17, 15) is 4.79 Å². The number of nitrogens with zero attached hydrogens (tertiary/aromatic N) is 5. The summed E-state index contributed by atoms with van der Waals surface area (Å²) in [4.78, 5) is 25.2. The fourth-order valence-corrected chi connectivity index (χ4v) is 5.65. The summed E-state index contributed by atoms with van der Waals surface area (Å²) in [6, 6.07) is 10.6. The lowest BCUT2D eigenvalue weighted by Gasteiger charge is -2.26. The van der Waals surface area contributed by atoms with Crippen LogP contribution in [0.5, 0.6) is 5.88 Å². The van der Waals surface area contributed by atoms with Gasteiger partial charge in [-0.25, -0.2) is 4.68 Å². The summed E-state index contributed by atoms with van der Waals surface area (Å²) in [6.45, 7) is 3.32. The van der Waals surface area contributed by atoms with Gasteiger partial charge in [-0.3, -0.25) is 9.78 Å². The van der Waals surface area contributed by atoms with Gasteiger partial charge < -0.3 is 20.3 Å². The second-order valence-corrected chi connectivity index (χ2v) is 11.1. The Labute approximate surface area is 222 Å². The quantitative estimate of drug-likeness (QED) is 0.511. The van der Waals surface area contributed by atoms with Crippen LogP contribution in [0.2, 0.25) is 0 Å². The van der Waals surface area contributed by atoms with Gasteiger partial charge in [-0.15, -0.1) is 0 Å². The molecule has 0 radical (unpaired) electrons. The third kappa shape index (κ3) is 4.50. The summed E-state index contributed by atoms with van der Waals surface area (Å²) in [5, 5.41) is 11.5. The lowest BCUT2D eigenvalue weighted by Crippen LogP contribution is -2.36. The zero-order chi connectivity index (χ0) is 25.8. The summed E-state index contributed by atoms with van der Waals surface area (Å²) in [5.41, 5.74) is 5.88. The number of aromatic nitrogens is 3. The van der Waals surface area contributed by atoms with E-state index in [2.05, 4.69) is 43.8 Å². The van der Waals surface area contributed by atoms with Crippen LogP contribution in [-0.2, 0) is 7.05 Å². The molecule has 9 nitrogen and oxygen atoms in total. The maximum absolute atomic E-state index is 13.6. The smallest absolute Gasteiger partial charge is 0.280 e. The molecule has 4 aliphatic rings. The Kier molecular flexibility index (Phi) is 5.60. The van der Waals surface area contributed by atoms with E-state index in [1.165, 1.54) is 25.7 Å². The van der Waals surface area contributed by atoms with Crippen molar-refractivity contribution in [1.82, 2.24) is 14.8 Å². The van der Waals surface area contributed by atoms with E-state index in [1.807, 2.05) is 14.0 Å². The average Bonchev–Trinajstić information content (AvgIpc) is 3.83. The molecule has 1 unspecified atom stereocenters. The number of ether oxygens (including phenoxy) is 1. The third-order valence-corrected chi connectivity index (χ3v) is 7.97. The molecular weight excluding hydrogens is 478 g/mol. The number of carbonyl (C=O) groups is 1. The highest BCUT2D eigenvalue weighted by Gasteiger charge is 2.36. The second kappa shape index (κ2) is 9.15. The zero-order valence-electron chi connectivity index (χ0n) is 21.9. The number of pyridine rings is 1. The number of fused-ring (bicyclic) bond motifs is 7. The van der Waals surface area contributed by atoms with Crippen LogP contribution in [0.1, 0.15) is 54.6 Å². The Morgan fingerprint density at radius 2 is 1.95 bits per heavy atom. The van der Waals surface area contributed by atoms with E-state index in [-0.39, 0.29) is 5.91 Å². The Morgan fingerprint density at radius 3 is 2.76 bits per heavy atom. The molecule has 1 atom stereocenters. The molecule has 1 aromatic carbocycles. The summed E-state index contributed by atoms with van der Waals surface area (Å²) in [7, 11) is 1.87. The minimum atomic E-state index is -0.294. The lowest BCUT2D eigenvalue weighted by atomic mass is 9.97. The molecule has 4 heterocycles. The standard InChI is InChI=1S/C29H33N7O2/c1-17-12-20-13-25(31-17)23-15-30-35(2)28(23)38-11-3-4-19(18-5-6-18)16-36-26-14-22(32-21-7-8-21)9-10-24(26)33-29(36)34-27(20)37/h9-10,12-15,18-19,21,32H,3-8,11,16H2,1-2H3,(H,33,34,37). The van der Waals surface area contributed by atoms with E-state index in [0.717, 1.165) is 47.7 Å².